The number of fused-ring (bicyclic) bond motifs is 1. The Morgan fingerprint density at radius 3 is 2.78 bits per heavy atom. The number of nitrogen functional groups attached to an aromatic ring is 1. The van der Waals surface area contributed by atoms with Crippen LogP contribution >= 0.6 is 11.6 Å². The van der Waals surface area contributed by atoms with E-state index >= 15 is 0 Å². The normalized spacial score (nSPS) is 10.8. The fraction of sp³-hybridized carbons (Fsp3) is 0.308. The first-order valence-corrected chi connectivity index (χ1v) is 6.39. The Balaban J connectivity index is 2.31. The Hall–Kier alpha value is -1.52. The van der Waals surface area contributed by atoms with E-state index in [-0.39, 0.29) is 0 Å². The van der Waals surface area contributed by atoms with Crippen molar-refractivity contribution in [2.75, 3.05) is 24.1 Å². The molecule has 1 aromatic carbocycles. The minimum atomic E-state index is 0.343. The second-order valence-electron chi connectivity index (χ2n) is 4.13. The third-order valence-corrected chi connectivity index (χ3v) is 3.10. The lowest BCUT2D eigenvalue weighted by atomic mass is 10.1. The molecule has 2 rings (SSSR count). The summed E-state index contributed by atoms with van der Waals surface area (Å²) in [7, 11) is 0. The molecular weight excluding hydrogens is 248 g/mol. The topological polar surface area (TPSA) is 77.0 Å². The summed E-state index contributed by atoms with van der Waals surface area (Å²) in [6.07, 6.45) is 1.99. The maximum atomic E-state index is 6.04. The summed E-state index contributed by atoms with van der Waals surface area (Å²) in [5.41, 5.74) is 13.7. The Morgan fingerprint density at radius 2 is 2.00 bits per heavy atom. The van der Waals surface area contributed by atoms with E-state index in [1.165, 1.54) is 0 Å². The molecule has 0 aliphatic rings. The molecule has 96 valence electrons. The Bertz CT molecular complexity index is 542. The van der Waals surface area contributed by atoms with Crippen LogP contribution in [0.3, 0.4) is 0 Å². The average Bonchev–Trinajstić information content (AvgIpc) is 2.38. The van der Waals surface area contributed by atoms with Gasteiger partial charge in [-0.1, -0.05) is 29.8 Å². The number of halogens is 1. The fourth-order valence-corrected chi connectivity index (χ4v) is 2.06. The van der Waals surface area contributed by atoms with Crippen LogP contribution in [0.15, 0.2) is 24.3 Å². The molecule has 0 fully saturated rings. The molecule has 0 saturated heterocycles. The summed E-state index contributed by atoms with van der Waals surface area (Å²) in [5.74, 6) is 0. The highest BCUT2D eigenvalue weighted by atomic mass is 35.5. The molecule has 5 heteroatoms. The number of aromatic nitrogens is 1. The van der Waals surface area contributed by atoms with Crippen molar-refractivity contribution in [3.63, 3.8) is 0 Å². The zero-order valence-corrected chi connectivity index (χ0v) is 10.9. The van der Waals surface area contributed by atoms with Gasteiger partial charge in [-0.2, -0.15) is 0 Å². The van der Waals surface area contributed by atoms with E-state index in [4.69, 9.17) is 23.1 Å². The van der Waals surface area contributed by atoms with Crippen LogP contribution in [0.5, 0.6) is 0 Å². The molecule has 4 nitrogen and oxygen atoms in total. The lowest BCUT2D eigenvalue weighted by molar-refractivity contribution is 0.775. The molecule has 2 aromatic rings. The highest BCUT2D eigenvalue weighted by molar-refractivity contribution is 6.33. The minimum Gasteiger partial charge on any atom is -0.395 e. The molecule has 1 aromatic heterocycles. The molecule has 0 unspecified atom stereocenters. The first kappa shape index (κ1) is 12.9. The third-order valence-electron chi connectivity index (χ3n) is 2.82. The van der Waals surface area contributed by atoms with Crippen molar-refractivity contribution < 1.29 is 0 Å². The molecule has 1 heterocycles. The van der Waals surface area contributed by atoms with E-state index < -0.39 is 0 Å². The Morgan fingerprint density at radius 1 is 1.22 bits per heavy atom. The van der Waals surface area contributed by atoms with Gasteiger partial charge in [-0.05, 0) is 25.5 Å². The van der Waals surface area contributed by atoms with E-state index in [2.05, 4.69) is 10.3 Å². The highest BCUT2D eigenvalue weighted by Crippen LogP contribution is 2.33. The lowest BCUT2D eigenvalue weighted by Gasteiger charge is -2.13. The van der Waals surface area contributed by atoms with Crippen LogP contribution in [0.4, 0.5) is 11.4 Å². The zero-order valence-electron chi connectivity index (χ0n) is 10.1. The molecule has 5 N–H and O–H groups in total. The van der Waals surface area contributed by atoms with Gasteiger partial charge >= 0.3 is 0 Å². The third kappa shape index (κ3) is 2.66. The monoisotopic (exact) mass is 264 g/mol. The van der Waals surface area contributed by atoms with Gasteiger partial charge < -0.3 is 16.8 Å². The number of hydrogen-bond donors (Lipinski definition) is 3. The smallest absolute Gasteiger partial charge is 0.154 e. The number of para-hydroxylation sites is 1. The number of nitrogens with one attached hydrogen (secondary N) is 1. The van der Waals surface area contributed by atoms with E-state index in [0.717, 1.165) is 36.0 Å². The van der Waals surface area contributed by atoms with Gasteiger partial charge in [-0.25, -0.2) is 4.98 Å². The van der Waals surface area contributed by atoms with Crippen LogP contribution in [-0.4, -0.2) is 18.1 Å². The average molecular weight is 265 g/mol. The summed E-state index contributed by atoms with van der Waals surface area (Å²) >= 11 is 6.04. The van der Waals surface area contributed by atoms with Crippen LogP contribution in [0.1, 0.15) is 12.8 Å². The van der Waals surface area contributed by atoms with Gasteiger partial charge in [-0.15, -0.1) is 0 Å². The zero-order chi connectivity index (χ0) is 13.0. The number of nitrogens with zero attached hydrogens (tertiary/aromatic N) is 1. The first-order valence-electron chi connectivity index (χ1n) is 6.01. The van der Waals surface area contributed by atoms with E-state index in [9.17, 15) is 0 Å². The molecule has 0 aliphatic carbocycles. The Labute approximate surface area is 111 Å². The van der Waals surface area contributed by atoms with Crippen molar-refractivity contribution in [3.8, 4) is 0 Å². The quantitative estimate of drug-likeness (QED) is 0.573. The van der Waals surface area contributed by atoms with Gasteiger partial charge in [0.25, 0.3) is 0 Å². The predicted octanol–water partition coefficient (Wildman–Crippen LogP) is 2.62. The number of rotatable bonds is 5. The maximum absolute atomic E-state index is 6.04. The molecule has 0 aliphatic heterocycles. The van der Waals surface area contributed by atoms with Crippen LogP contribution in [0, 0.1) is 0 Å². The lowest BCUT2D eigenvalue weighted by Crippen LogP contribution is -2.08. The molecule has 18 heavy (non-hydrogen) atoms. The number of nitrogens with two attached hydrogens (primary N) is 2. The van der Waals surface area contributed by atoms with Gasteiger partial charge in [-0.3, -0.25) is 0 Å². The summed E-state index contributed by atoms with van der Waals surface area (Å²) in [4.78, 5) is 4.26. The van der Waals surface area contributed by atoms with E-state index in [0.29, 0.717) is 17.4 Å². The molecule has 0 bridgehead atoms. The molecule has 0 amide bonds. The van der Waals surface area contributed by atoms with Crippen LogP contribution < -0.4 is 16.8 Å². The van der Waals surface area contributed by atoms with Gasteiger partial charge in [0.1, 0.15) is 0 Å². The van der Waals surface area contributed by atoms with E-state index in [1.54, 1.807) is 0 Å². The van der Waals surface area contributed by atoms with Crippen molar-refractivity contribution in [2.24, 2.45) is 5.73 Å². The van der Waals surface area contributed by atoms with Crippen LogP contribution in [0.25, 0.3) is 10.9 Å². The largest absolute Gasteiger partial charge is 0.395 e. The Kier molecular flexibility index (Phi) is 4.23. The number of benzene rings is 1. The molecule has 0 saturated carbocycles. The molecule has 0 atom stereocenters. The van der Waals surface area contributed by atoms with Gasteiger partial charge in [0.2, 0.25) is 0 Å². The fourth-order valence-electron chi connectivity index (χ4n) is 1.87. The maximum Gasteiger partial charge on any atom is 0.154 e. The highest BCUT2D eigenvalue weighted by Gasteiger charge is 2.10. The van der Waals surface area contributed by atoms with Gasteiger partial charge in [0, 0.05) is 11.9 Å². The standard InChI is InChI=1S/C13H17ClN4/c14-13-11(16)12(17-8-4-3-7-15)9-5-1-2-6-10(9)18-13/h1-2,5-6H,3-4,7-8,15-16H2,(H,17,18). The van der Waals surface area contributed by atoms with Crippen molar-refractivity contribution in [2.45, 2.75) is 12.8 Å². The van der Waals surface area contributed by atoms with Crippen LogP contribution in [0.2, 0.25) is 5.15 Å². The predicted molar refractivity (Wildman–Crippen MR) is 77.9 cm³/mol. The van der Waals surface area contributed by atoms with Gasteiger partial charge in [0.05, 0.1) is 16.9 Å². The molecular formula is C13H17ClN4. The first-order chi connectivity index (χ1) is 8.74. The summed E-state index contributed by atoms with van der Waals surface area (Å²) < 4.78 is 0. The molecule has 0 radical (unpaired) electrons. The number of hydrogen-bond acceptors (Lipinski definition) is 4. The second-order valence-corrected chi connectivity index (χ2v) is 4.49. The summed E-state index contributed by atoms with van der Waals surface area (Å²) in [6.45, 7) is 1.53. The van der Waals surface area contributed by atoms with Crippen molar-refractivity contribution in [3.05, 3.63) is 29.4 Å². The summed E-state index contributed by atoms with van der Waals surface area (Å²) in [6, 6.07) is 7.80. The number of pyridine rings is 1. The minimum absolute atomic E-state index is 0.343. The van der Waals surface area contributed by atoms with Crippen molar-refractivity contribution in [1.82, 2.24) is 4.98 Å². The second kappa shape index (κ2) is 5.89. The number of unbranched alkanes of at least 4 members (excludes halogenated alkanes) is 1. The van der Waals surface area contributed by atoms with Crippen LogP contribution in [-0.2, 0) is 0 Å². The van der Waals surface area contributed by atoms with Gasteiger partial charge in [0.15, 0.2) is 5.15 Å². The number of anilines is 2. The van der Waals surface area contributed by atoms with E-state index in [1.807, 2.05) is 24.3 Å². The SMILES string of the molecule is NCCCCNc1c(N)c(Cl)nc2ccccc12. The molecule has 0 spiro atoms. The van der Waals surface area contributed by atoms with Crippen molar-refractivity contribution >= 4 is 33.9 Å². The van der Waals surface area contributed by atoms with Crippen molar-refractivity contribution in [1.29, 1.82) is 0 Å². The summed E-state index contributed by atoms with van der Waals surface area (Å²) in [5, 5.41) is 4.66.